The molecule has 1 aliphatic heterocycles. The van der Waals surface area contributed by atoms with E-state index in [1.807, 2.05) is 0 Å². The molecule has 1 aliphatic rings. The topological polar surface area (TPSA) is 99.6 Å². The molecule has 190 valence electrons. The van der Waals surface area contributed by atoms with Crippen molar-refractivity contribution in [1.82, 2.24) is 9.88 Å². The molecule has 2 heterocycles. The zero-order chi connectivity index (χ0) is 26.4. The van der Waals surface area contributed by atoms with Gasteiger partial charge < -0.3 is 10.0 Å². The fourth-order valence-corrected chi connectivity index (χ4v) is 5.59. The number of benzene rings is 3. The summed E-state index contributed by atoms with van der Waals surface area (Å²) in [7, 11) is -3.93. The molecule has 1 amide bonds. The van der Waals surface area contributed by atoms with Crippen molar-refractivity contribution in [1.29, 1.82) is 0 Å². The Balaban J connectivity index is 1.28. The maximum absolute atomic E-state index is 13.0. The first kappa shape index (κ1) is 24.7. The number of alkyl halides is 3. The van der Waals surface area contributed by atoms with Crippen LogP contribution < -0.4 is 4.72 Å². The Hall–Kier alpha value is -3.96. The van der Waals surface area contributed by atoms with Gasteiger partial charge in [-0.2, -0.15) is 13.2 Å². The minimum atomic E-state index is -4.54. The number of hydrogen-bond acceptors (Lipinski definition) is 5. The lowest BCUT2D eigenvalue weighted by molar-refractivity contribution is -0.138. The monoisotopic (exact) mass is 527 g/mol. The zero-order valence-corrected chi connectivity index (χ0v) is 19.9. The van der Waals surface area contributed by atoms with Gasteiger partial charge in [-0.25, -0.2) is 8.42 Å². The van der Waals surface area contributed by atoms with E-state index in [1.54, 1.807) is 24.4 Å². The molecule has 0 unspecified atom stereocenters. The average Bonchev–Trinajstić information content (AvgIpc) is 2.86. The van der Waals surface area contributed by atoms with Crippen LogP contribution in [-0.2, 0) is 21.8 Å². The van der Waals surface area contributed by atoms with Crippen LogP contribution in [0.15, 0.2) is 90.1 Å². The summed E-state index contributed by atoms with van der Waals surface area (Å²) in [5.74, 6) is -0.437. The number of aliphatic hydroxyl groups is 1. The van der Waals surface area contributed by atoms with Crippen LogP contribution in [0.4, 0.5) is 18.9 Å². The predicted molar refractivity (Wildman–Crippen MR) is 130 cm³/mol. The van der Waals surface area contributed by atoms with Crippen molar-refractivity contribution in [3.63, 3.8) is 0 Å². The summed E-state index contributed by atoms with van der Waals surface area (Å²) in [4.78, 5) is 18.2. The van der Waals surface area contributed by atoms with Gasteiger partial charge in [0, 0.05) is 34.4 Å². The molecular formula is C26H20F3N3O4S. The summed E-state index contributed by atoms with van der Waals surface area (Å²) in [5.41, 5.74) is -1.89. The standard InChI is InChI=1S/C26H20F3N3O4S/c27-26(28,29)20-5-2-4-19(13-20)25(34)15-32(16-25)24(33)17-7-9-21(10-8-17)31-37(35,36)23-6-1-3-18-14-30-12-11-22(18)23/h1-14,31,34H,15-16H2. The average molecular weight is 528 g/mol. The first-order chi connectivity index (χ1) is 17.5. The maximum Gasteiger partial charge on any atom is 0.416 e. The number of aromatic nitrogens is 1. The number of β-amino-alcohol motifs (C(OH)–C–C–N with tert-alkyl or cyclic N) is 1. The van der Waals surface area contributed by atoms with E-state index in [0.717, 1.165) is 12.1 Å². The number of carbonyl (C=O) groups is 1. The van der Waals surface area contributed by atoms with Crippen molar-refractivity contribution in [2.45, 2.75) is 16.7 Å². The second-order valence-corrected chi connectivity index (χ2v) is 10.5. The molecule has 1 aromatic heterocycles. The number of nitrogens with one attached hydrogen (secondary N) is 1. The summed E-state index contributed by atoms with van der Waals surface area (Å²) in [5, 5.41) is 11.9. The Bertz CT molecular complexity index is 1590. The number of carbonyl (C=O) groups excluding carboxylic acids is 1. The van der Waals surface area contributed by atoms with Crippen molar-refractivity contribution < 1.29 is 31.5 Å². The molecule has 0 aliphatic carbocycles. The minimum Gasteiger partial charge on any atom is -0.381 e. The molecule has 37 heavy (non-hydrogen) atoms. The van der Waals surface area contributed by atoms with Crippen molar-refractivity contribution in [2.24, 2.45) is 0 Å². The maximum atomic E-state index is 13.0. The molecule has 3 aromatic carbocycles. The van der Waals surface area contributed by atoms with Gasteiger partial charge in [-0.1, -0.05) is 24.3 Å². The van der Waals surface area contributed by atoms with Crippen molar-refractivity contribution in [3.05, 3.63) is 102 Å². The molecular weight excluding hydrogens is 507 g/mol. The summed E-state index contributed by atoms with van der Waals surface area (Å²) < 4.78 is 67.5. The highest BCUT2D eigenvalue weighted by molar-refractivity contribution is 7.93. The van der Waals surface area contributed by atoms with Crippen LogP contribution >= 0.6 is 0 Å². The van der Waals surface area contributed by atoms with E-state index in [-0.39, 0.29) is 34.8 Å². The highest BCUT2D eigenvalue weighted by Crippen LogP contribution is 2.37. The molecule has 0 atom stereocenters. The van der Waals surface area contributed by atoms with Crippen molar-refractivity contribution in [3.8, 4) is 0 Å². The normalized spacial score (nSPS) is 15.3. The number of fused-ring (bicyclic) bond motifs is 1. The molecule has 11 heteroatoms. The smallest absolute Gasteiger partial charge is 0.381 e. The van der Waals surface area contributed by atoms with E-state index >= 15 is 0 Å². The fourth-order valence-electron chi connectivity index (χ4n) is 4.30. The molecule has 0 radical (unpaired) electrons. The number of anilines is 1. The number of rotatable bonds is 5. The van der Waals surface area contributed by atoms with Gasteiger partial charge in [0.05, 0.1) is 23.5 Å². The van der Waals surface area contributed by atoms with Gasteiger partial charge >= 0.3 is 6.18 Å². The van der Waals surface area contributed by atoms with Gasteiger partial charge in [-0.05, 0) is 54.1 Å². The number of nitrogens with zero attached hydrogens (tertiary/aromatic N) is 2. The number of likely N-dealkylation sites (tertiary alicyclic amines) is 1. The number of amides is 1. The van der Waals surface area contributed by atoms with Gasteiger partial charge in [0.15, 0.2) is 0 Å². The Labute approximate surface area is 210 Å². The molecule has 0 spiro atoms. The van der Waals surface area contributed by atoms with E-state index < -0.39 is 33.3 Å². The third-order valence-corrected chi connectivity index (χ3v) is 7.67. The zero-order valence-electron chi connectivity index (χ0n) is 19.1. The summed E-state index contributed by atoms with van der Waals surface area (Å²) in [6, 6.07) is 16.6. The molecule has 0 bridgehead atoms. The van der Waals surface area contributed by atoms with Crippen LogP contribution in [0, 0.1) is 0 Å². The van der Waals surface area contributed by atoms with E-state index in [2.05, 4.69) is 9.71 Å². The predicted octanol–water partition coefficient (Wildman–Crippen LogP) is 4.40. The SMILES string of the molecule is O=C(c1ccc(NS(=O)(=O)c2cccc3cnccc23)cc1)N1CC(O)(c2cccc(C(F)(F)F)c2)C1. The quantitative estimate of drug-likeness (QED) is 0.401. The highest BCUT2D eigenvalue weighted by Gasteiger charge is 2.46. The summed E-state index contributed by atoms with van der Waals surface area (Å²) >= 11 is 0. The molecule has 1 fully saturated rings. The second-order valence-electron chi connectivity index (χ2n) is 8.81. The second kappa shape index (κ2) is 8.86. The first-order valence-electron chi connectivity index (χ1n) is 11.1. The van der Waals surface area contributed by atoms with Gasteiger partial charge in [-0.15, -0.1) is 0 Å². The van der Waals surface area contributed by atoms with Crippen LogP contribution in [0.5, 0.6) is 0 Å². The number of pyridine rings is 1. The Morgan fingerprint density at radius 3 is 2.41 bits per heavy atom. The van der Waals surface area contributed by atoms with Gasteiger partial charge in [0.1, 0.15) is 5.60 Å². The van der Waals surface area contributed by atoms with E-state index in [1.165, 1.54) is 53.6 Å². The molecule has 5 rings (SSSR count). The third-order valence-electron chi connectivity index (χ3n) is 6.23. The van der Waals surface area contributed by atoms with E-state index in [9.17, 15) is 31.5 Å². The van der Waals surface area contributed by atoms with Crippen LogP contribution in [-0.4, -0.2) is 42.4 Å². The van der Waals surface area contributed by atoms with Crippen LogP contribution in [0.3, 0.4) is 0 Å². The lowest BCUT2D eigenvalue weighted by atomic mass is 9.85. The third kappa shape index (κ3) is 4.75. The molecule has 4 aromatic rings. The molecule has 0 saturated carbocycles. The number of halogens is 3. The van der Waals surface area contributed by atoms with Gasteiger partial charge in [-0.3, -0.25) is 14.5 Å². The highest BCUT2D eigenvalue weighted by atomic mass is 32.2. The molecule has 7 nitrogen and oxygen atoms in total. The Morgan fingerprint density at radius 2 is 1.70 bits per heavy atom. The van der Waals surface area contributed by atoms with Crippen LogP contribution in [0.2, 0.25) is 0 Å². The summed E-state index contributed by atoms with van der Waals surface area (Å²) in [6.07, 6.45) is -1.47. The lowest BCUT2D eigenvalue weighted by Gasteiger charge is -2.46. The first-order valence-corrected chi connectivity index (χ1v) is 12.6. The Kier molecular flexibility index (Phi) is 5.92. The number of sulfonamides is 1. The van der Waals surface area contributed by atoms with E-state index in [4.69, 9.17) is 0 Å². The van der Waals surface area contributed by atoms with Gasteiger partial charge in [0.25, 0.3) is 15.9 Å². The van der Waals surface area contributed by atoms with Crippen LogP contribution in [0.25, 0.3) is 10.8 Å². The largest absolute Gasteiger partial charge is 0.416 e. The van der Waals surface area contributed by atoms with Crippen molar-refractivity contribution in [2.75, 3.05) is 17.8 Å². The minimum absolute atomic E-state index is 0.0837. The summed E-state index contributed by atoms with van der Waals surface area (Å²) in [6.45, 7) is -0.338. The van der Waals surface area contributed by atoms with Crippen LogP contribution in [0.1, 0.15) is 21.5 Å². The number of hydrogen-bond donors (Lipinski definition) is 2. The fraction of sp³-hybridized carbons (Fsp3) is 0.154. The van der Waals surface area contributed by atoms with E-state index in [0.29, 0.717) is 10.8 Å². The van der Waals surface area contributed by atoms with Gasteiger partial charge in [0.2, 0.25) is 0 Å². The molecule has 1 saturated heterocycles. The lowest BCUT2D eigenvalue weighted by Crippen LogP contribution is -2.61. The molecule has 2 N–H and O–H groups in total. The Morgan fingerprint density at radius 1 is 1.00 bits per heavy atom. The van der Waals surface area contributed by atoms with Crippen molar-refractivity contribution >= 4 is 32.4 Å².